The third kappa shape index (κ3) is 2.10. The van der Waals surface area contributed by atoms with Gasteiger partial charge in [-0.25, -0.2) is 4.98 Å². The summed E-state index contributed by atoms with van der Waals surface area (Å²) in [4.78, 5) is 4.66. The minimum absolute atomic E-state index is 0.650. The monoisotopic (exact) mass is 273 g/mol. The smallest absolute Gasteiger partial charge is 0.231 e. The van der Waals surface area contributed by atoms with Gasteiger partial charge in [0.25, 0.3) is 0 Å². The average Bonchev–Trinajstić information content (AvgIpc) is 2.38. The highest BCUT2D eigenvalue weighted by molar-refractivity contribution is 6.31. The molecule has 0 saturated heterocycles. The molecule has 0 aliphatic rings. The molecular weight excluding hydrogens is 260 g/mol. The number of fused-ring (bicyclic) bond motifs is 2. The summed E-state index contributed by atoms with van der Waals surface area (Å²) in [6.45, 7) is 2.62. The van der Waals surface area contributed by atoms with E-state index in [0.717, 1.165) is 27.8 Å². The molecule has 3 rings (SSSR count). The van der Waals surface area contributed by atoms with Crippen molar-refractivity contribution < 1.29 is 9.30 Å². The van der Waals surface area contributed by atoms with Crippen LogP contribution in [0.2, 0.25) is 5.02 Å². The molecule has 1 heterocycles. The van der Waals surface area contributed by atoms with E-state index in [4.69, 9.17) is 16.3 Å². The number of hydrogen-bond acceptors (Lipinski definition) is 2. The van der Waals surface area contributed by atoms with Gasteiger partial charge in [0.05, 0.1) is 6.61 Å². The fourth-order valence-corrected chi connectivity index (χ4v) is 2.43. The molecule has 4 heteroatoms. The topological polar surface area (TPSA) is 26.0 Å². The first-order valence-corrected chi connectivity index (χ1v) is 6.58. The molecule has 96 valence electrons. The van der Waals surface area contributed by atoms with E-state index in [2.05, 4.69) is 9.55 Å². The lowest BCUT2D eigenvalue weighted by Gasteiger charge is -2.05. The van der Waals surface area contributed by atoms with Crippen molar-refractivity contribution in [2.75, 3.05) is 6.61 Å². The fraction of sp³-hybridized carbons (Fsp3) is 0.200. The van der Waals surface area contributed by atoms with E-state index in [-0.39, 0.29) is 0 Å². The maximum absolute atomic E-state index is 6.03. The van der Waals surface area contributed by atoms with Crippen LogP contribution >= 0.6 is 11.6 Å². The van der Waals surface area contributed by atoms with E-state index in [1.165, 1.54) is 0 Å². The van der Waals surface area contributed by atoms with Crippen LogP contribution in [0.5, 0.6) is 5.75 Å². The summed E-state index contributed by atoms with van der Waals surface area (Å²) >= 11 is 6.03. The molecule has 0 amide bonds. The molecule has 0 saturated carbocycles. The van der Waals surface area contributed by atoms with Crippen molar-refractivity contribution >= 4 is 33.7 Å². The van der Waals surface area contributed by atoms with E-state index >= 15 is 0 Å². The largest absolute Gasteiger partial charge is 0.494 e. The second-order valence-corrected chi connectivity index (χ2v) is 4.82. The molecule has 0 aliphatic carbocycles. The van der Waals surface area contributed by atoms with Crippen LogP contribution in [-0.4, -0.2) is 11.6 Å². The quantitative estimate of drug-likeness (QED) is 0.529. The summed E-state index contributed by atoms with van der Waals surface area (Å²) in [5.41, 5.74) is 3.92. The molecule has 0 bridgehead atoms. The number of aryl methyl sites for hydroxylation is 1. The standard InChI is InChI=1S/C15H14ClN2O/c1-3-19-11-5-7-15-13(9-11)17-12-8-10(16)4-6-14(12)18(15)2/h4-9H,3H2,1-2H3/q+1. The third-order valence-electron chi connectivity index (χ3n) is 3.16. The molecule has 0 unspecified atom stereocenters. The molecule has 3 aromatic rings. The van der Waals surface area contributed by atoms with Gasteiger partial charge in [0.1, 0.15) is 23.8 Å². The molecule has 19 heavy (non-hydrogen) atoms. The van der Waals surface area contributed by atoms with Crippen molar-refractivity contribution in [3.05, 3.63) is 41.4 Å². The third-order valence-corrected chi connectivity index (χ3v) is 3.39. The Morgan fingerprint density at radius 2 is 1.79 bits per heavy atom. The van der Waals surface area contributed by atoms with Crippen molar-refractivity contribution in [2.45, 2.75) is 6.92 Å². The van der Waals surface area contributed by atoms with Gasteiger partial charge in [0.15, 0.2) is 0 Å². The first kappa shape index (κ1) is 12.2. The highest BCUT2D eigenvalue weighted by Gasteiger charge is 2.13. The van der Waals surface area contributed by atoms with Crippen molar-refractivity contribution in [1.82, 2.24) is 4.98 Å². The van der Waals surface area contributed by atoms with Gasteiger partial charge in [-0.15, -0.1) is 0 Å². The lowest BCUT2D eigenvalue weighted by molar-refractivity contribution is -0.617. The van der Waals surface area contributed by atoms with E-state index in [9.17, 15) is 0 Å². The molecule has 0 spiro atoms. The number of nitrogens with zero attached hydrogens (tertiary/aromatic N) is 2. The normalized spacial score (nSPS) is 11.1. The Morgan fingerprint density at radius 1 is 1.11 bits per heavy atom. The van der Waals surface area contributed by atoms with Gasteiger partial charge < -0.3 is 4.74 Å². The zero-order valence-electron chi connectivity index (χ0n) is 10.9. The van der Waals surface area contributed by atoms with Crippen LogP contribution in [0.3, 0.4) is 0 Å². The number of hydrogen-bond donors (Lipinski definition) is 0. The Hall–Kier alpha value is -1.87. The van der Waals surface area contributed by atoms with Crippen LogP contribution in [-0.2, 0) is 7.05 Å². The highest BCUT2D eigenvalue weighted by atomic mass is 35.5. The van der Waals surface area contributed by atoms with Gasteiger partial charge in [0.2, 0.25) is 11.0 Å². The molecule has 1 aromatic heterocycles. The van der Waals surface area contributed by atoms with Crippen LogP contribution in [0.15, 0.2) is 36.4 Å². The molecule has 0 aliphatic heterocycles. The highest BCUT2D eigenvalue weighted by Crippen LogP contribution is 2.21. The van der Waals surface area contributed by atoms with Crippen LogP contribution in [0.4, 0.5) is 0 Å². The van der Waals surface area contributed by atoms with Crippen LogP contribution in [0.1, 0.15) is 6.92 Å². The minimum Gasteiger partial charge on any atom is -0.494 e. The predicted molar refractivity (Wildman–Crippen MR) is 76.6 cm³/mol. The molecular formula is C15H14ClN2O+. The van der Waals surface area contributed by atoms with E-state index in [1.54, 1.807) is 0 Å². The van der Waals surface area contributed by atoms with Gasteiger partial charge in [-0.3, -0.25) is 0 Å². The van der Waals surface area contributed by atoms with Gasteiger partial charge in [-0.2, -0.15) is 4.57 Å². The Morgan fingerprint density at radius 3 is 2.53 bits per heavy atom. The van der Waals surface area contributed by atoms with Crippen LogP contribution in [0.25, 0.3) is 22.1 Å². The lowest BCUT2D eigenvalue weighted by Crippen LogP contribution is -2.30. The molecule has 0 radical (unpaired) electrons. The zero-order chi connectivity index (χ0) is 13.4. The number of ether oxygens (including phenoxy) is 1. The van der Waals surface area contributed by atoms with Gasteiger partial charge in [-0.1, -0.05) is 11.6 Å². The van der Waals surface area contributed by atoms with Gasteiger partial charge in [0, 0.05) is 23.2 Å². The summed E-state index contributed by atoms with van der Waals surface area (Å²) in [5.74, 6) is 0.837. The summed E-state index contributed by atoms with van der Waals surface area (Å²) in [5, 5.41) is 0.695. The average molecular weight is 274 g/mol. The molecule has 0 N–H and O–H groups in total. The Kier molecular flexibility index (Phi) is 2.99. The maximum atomic E-state index is 6.03. The van der Waals surface area contributed by atoms with Crippen molar-refractivity contribution in [3.63, 3.8) is 0 Å². The predicted octanol–water partition coefficient (Wildman–Crippen LogP) is 3.26. The summed E-state index contributed by atoms with van der Waals surface area (Å²) in [7, 11) is 2.03. The molecule has 0 fully saturated rings. The first-order valence-electron chi connectivity index (χ1n) is 6.21. The fourth-order valence-electron chi connectivity index (χ4n) is 2.26. The second-order valence-electron chi connectivity index (χ2n) is 4.39. The summed E-state index contributed by atoms with van der Waals surface area (Å²) in [6, 6.07) is 11.7. The second kappa shape index (κ2) is 4.67. The van der Waals surface area contributed by atoms with Gasteiger partial charge in [-0.05, 0) is 25.1 Å². The van der Waals surface area contributed by atoms with E-state index in [1.807, 2.05) is 50.4 Å². The first-order chi connectivity index (χ1) is 9.19. The number of aromatic nitrogens is 2. The number of benzene rings is 2. The molecule has 0 atom stereocenters. The van der Waals surface area contributed by atoms with Gasteiger partial charge >= 0.3 is 0 Å². The van der Waals surface area contributed by atoms with Crippen LogP contribution in [0, 0.1) is 0 Å². The Balaban J connectivity index is 2.33. The van der Waals surface area contributed by atoms with Crippen molar-refractivity contribution in [2.24, 2.45) is 7.05 Å². The lowest BCUT2D eigenvalue weighted by atomic mass is 10.2. The van der Waals surface area contributed by atoms with E-state index in [0.29, 0.717) is 11.6 Å². The molecule has 2 aromatic carbocycles. The van der Waals surface area contributed by atoms with E-state index < -0.39 is 0 Å². The molecule has 3 nitrogen and oxygen atoms in total. The minimum atomic E-state index is 0.650. The SMILES string of the molecule is CCOc1ccc2c(c1)nc1cc(Cl)ccc1[n+]2C. The van der Waals surface area contributed by atoms with Crippen molar-refractivity contribution in [3.8, 4) is 5.75 Å². The summed E-state index contributed by atoms with van der Waals surface area (Å²) in [6.07, 6.45) is 0. The maximum Gasteiger partial charge on any atom is 0.231 e. The zero-order valence-corrected chi connectivity index (χ0v) is 11.6. The summed E-state index contributed by atoms with van der Waals surface area (Å²) < 4.78 is 7.63. The number of rotatable bonds is 2. The Labute approximate surface area is 116 Å². The van der Waals surface area contributed by atoms with Crippen molar-refractivity contribution in [1.29, 1.82) is 0 Å². The Bertz CT molecular complexity index is 771. The number of halogens is 1. The van der Waals surface area contributed by atoms with Crippen LogP contribution < -0.4 is 9.30 Å².